The predicted molar refractivity (Wildman–Crippen MR) is 105 cm³/mol. The van der Waals surface area contributed by atoms with Crippen LogP contribution in [-0.4, -0.2) is 41.2 Å². The number of likely N-dealkylation sites (N-methyl/N-ethyl adjacent to an activating group) is 1. The second-order valence-corrected chi connectivity index (χ2v) is 6.12. The lowest BCUT2D eigenvalue weighted by atomic mass is 10.1. The Morgan fingerprint density at radius 1 is 1.14 bits per heavy atom. The number of aromatic nitrogens is 1. The van der Waals surface area contributed by atoms with Crippen molar-refractivity contribution in [2.45, 2.75) is 26.9 Å². The van der Waals surface area contributed by atoms with Gasteiger partial charge in [0.15, 0.2) is 6.61 Å². The van der Waals surface area contributed by atoms with Gasteiger partial charge in [0.05, 0.1) is 11.3 Å². The van der Waals surface area contributed by atoms with Gasteiger partial charge in [0, 0.05) is 19.3 Å². The van der Waals surface area contributed by atoms with E-state index in [1.807, 2.05) is 13.8 Å². The minimum Gasteiger partial charge on any atom is -0.484 e. The van der Waals surface area contributed by atoms with Gasteiger partial charge in [0.25, 0.3) is 5.91 Å². The molecule has 1 aromatic heterocycles. The van der Waals surface area contributed by atoms with E-state index in [4.69, 9.17) is 4.74 Å². The lowest BCUT2D eigenvalue weighted by Gasteiger charge is -2.18. The number of nitrogens with zero attached hydrogens (tertiary/aromatic N) is 3. The zero-order valence-electron chi connectivity index (χ0n) is 16.5. The molecule has 0 saturated carbocycles. The number of amides is 1. The Labute approximate surface area is 167 Å². The summed E-state index contributed by atoms with van der Waals surface area (Å²) in [5.74, 6) is 0.678. The van der Waals surface area contributed by atoms with Crippen LogP contribution in [0, 0.1) is 0 Å². The molecular formula is C20H23F3N4O2. The molecule has 6 nitrogen and oxygen atoms in total. The second kappa shape index (κ2) is 9.90. The molecule has 0 atom stereocenters. The minimum atomic E-state index is -4.43. The fourth-order valence-electron chi connectivity index (χ4n) is 2.44. The van der Waals surface area contributed by atoms with Crippen molar-refractivity contribution in [3.05, 3.63) is 53.7 Å². The molecular weight excluding hydrogens is 385 g/mol. The SMILES string of the molecule is CCN(CC)C(=O)COc1ccc(/C(C)=N/Nc2ccc(C(F)(F)F)cn2)cc1. The number of hydrogen-bond donors (Lipinski definition) is 1. The number of hydrogen-bond acceptors (Lipinski definition) is 5. The summed E-state index contributed by atoms with van der Waals surface area (Å²) >= 11 is 0. The van der Waals surface area contributed by atoms with Gasteiger partial charge in [-0.2, -0.15) is 18.3 Å². The number of rotatable bonds is 8. The summed E-state index contributed by atoms with van der Waals surface area (Å²) in [5.41, 5.74) is 3.20. The maximum Gasteiger partial charge on any atom is 0.417 e. The molecule has 1 aromatic carbocycles. The van der Waals surface area contributed by atoms with Crippen LogP contribution in [0.3, 0.4) is 0 Å². The van der Waals surface area contributed by atoms with E-state index in [1.54, 1.807) is 36.1 Å². The van der Waals surface area contributed by atoms with Crippen LogP contribution >= 0.6 is 0 Å². The molecule has 2 rings (SSSR count). The summed E-state index contributed by atoms with van der Waals surface area (Å²) < 4.78 is 43.1. The number of nitrogens with one attached hydrogen (secondary N) is 1. The Morgan fingerprint density at radius 2 is 1.79 bits per heavy atom. The quantitative estimate of drug-likeness (QED) is 0.526. The Morgan fingerprint density at radius 3 is 2.31 bits per heavy atom. The molecule has 1 amide bonds. The Kier molecular flexibility index (Phi) is 7.58. The molecule has 29 heavy (non-hydrogen) atoms. The molecule has 0 fully saturated rings. The average Bonchev–Trinajstić information content (AvgIpc) is 2.71. The first-order valence-corrected chi connectivity index (χ1v) is 9.09. The van der Waals surface area contributed by atoms with Gasteiger partial charge in [0.1, 0.15) is 11.6 Å². The molecule has 0 radical (unpaired) electrons. The van der Waals surface area contributed by atoms with Crippen LogP contribution in [0.2, 0.25) is 0 Å². The standard InChI is InChI=1S/C20H23F3N4O2/c1-4-27(5-2)19(28)13-29-17-9-6-15(7-10-17)14(3)25-26-18-11-8-16(12-24-18)20(21,22)23/h6-12H,4-5,13H2,1-3H3,(H,24,26)/b25-14+. The van der Waals surface area contributed by atoms with Crippen molar-refractivity contribution in [1.29, 1.82) is 0 Å². The average molecular weight is 408 g/mol. The van der Waals surface area contributed by atoms with Crippen molar-refractivity contribution in [3.8, 4) is 5.75 Å². The Hall–Kier alpha value is -3.10. The van der Waals surface area contributed by atoms with Gasteiger partial charge >= 0.3 is 6.18 Å². The first-order valence-electron chi connectivity index (χ1n) is 9.09. The van der Waals surface area contributed by atoms with Crippen molar-refractivity contribution in [2.24, 2.45) is 5.10 Å². The van der Waals surface area contributed by atoms with E-state index in [0.717, 1.165) is 17.8 Å². The van der Waals surface area contributed by atoms with E-state index in [2.05, 4.69) is 15.5 Å². The first-order chi connectivity index (χ1) is 13.7. The van der Waals surface area contributed by atoms with Crippen molar-refractivity contribution in [2.75, 3.05) is 25.1 Å². The van der Waals surface area contributed by atoms with Gasteiger partial charge in [-0.1, -0.05) is 0 Å². The number of alkyl halides is 3. The molecule has 2 aromatic rings. The molecule has 156 valence electrons. The van der Waals surface area contributed by atoms with Gasteiger partial charge in [-0.05, 0) is 62.7 Å². The van der Waals surface area contributed by atoms with E-state index in [1.165, 1.54) is 6.07 Å². The number of carbonyl (C=O) groups excluding carboxylic acids is 1. The number of hydrazone groups is 1. The van der Waals surface area contributed by atoms with Gasteiger partial charge in [0.2, 0.25) is 0 Å². The fourth-order valence-corrected chi connectivity index (χ4v) is 2.44. The second-order valence-electron chi connectivity index (χ2n) is 6.12. The lowest BCUT2D eigenvalue weighted by Crippen LogP contribution is -2.34. The van der Waals surface area contributed by atoms with E-state index in [-0.39, 0.29) is 18.3 Å². The molecule has 0 aliphatic heterocycles. The molecule has 0 aliphatic carbocycles. The molecule has 9 heteroatoms. The third-order valence-electron chi connectivity index (χ3n) is 4.18. The topological polar surface area (TPSA) is 66.8 Å². The molecule has 1 heterocycles. The molecule has 0 unspecified atom stereocenters. The van der Waals surface area contributed by atoms with Crippen LogP contribution in [0.1, 0.15) is 31.9 Å². The van der Waals surface area contributed by atoms with Crippen molar-refractivity contribution < 1.29 is 22.7 Å². The molecule has 0 aliphatic rings. The Balaban J connectivity index is 1.94. The van der Waals surface area contributed by atoms with E-state index >= 15 is 0 Å². The van der Waals surface area contributed by atoms with Crippen molar-refractivity contribution in [3.63, 3.8) is 0 Å². The van der Waals surface area contributed by atoms with Crippen LogP contribution in [0.5, 0.6) is 5.75 Å². The predicted octanol–water partition coefficient (Wildman–Crippen LogP) is 4.18. The first kappa shape index (κ1) is 22.2. The van der Waals surface area contributed by atoms with Crippen LogP contribution in [0.4, 0.5) is 19.0 Å². The van der Waals surface area contributed by atoms with Crippen LogP contribution < -0.4 is 10.2 Å². The molecule has 0 saturated heterocycles. The summed E-state index contributed by atoms with van der Waals surface area (Å²) in [6.07, 6.45) is -3.68. The van der Waals surface area contributed by atoms with Crippen molar-refractivity contribution in [1.82, 2.24) is 9.88 Å². The van der Waals surface area contributed by atoms with Crippen LogP contribution in [-0.2, 0) is 11.0 Å². The monoisotopic (exact) mass is 408 g/mol. The maximum atomic E-state index is 12.5. The number of carbonyl (C=O) groups is 1. The highest BCUT2D eigenvalue weighted by molar-refractivity contribution is 5.99. The maximum absolute atomic E-state index is 12.5. The fraction of sp³-hybridized carbons (Fsp3) is 0.350. The normalized spacial score (nSPS) is 11.9. The zero-order valence-corrected chi connectivity index (χ0v) is 16.5. The third-order valence-corrected chi connectivity index (χ3v) is 4.18. The summed E-state index contributed by atoms with van der Waals surface area (Å²) in [6.45, 7) is 6.80. The molecule has 0 spiro atoms. The van der Waals surface area contributed by atoms with E-state index in [9.17, 15) is 18.0 Å². The number of benzene rings is 1. The van der Waals surface area contributed by atoms with Crippen LogP contribution in [0.25, 0.3) is 0 Å². The van der Waals surface area contributed by atoms with Gasteiger partial charge < -0.3 is 9.64 Å². The highest BCUT2D eigenvalue weighted by atomic mass is 19.4. The zero-order chi connectivity index (χ0) is 21.4. The Bertz CT molecular complexity index is 830. The van der Waals surface area contributed by atoms with Gasteiger partial charge in [-0.3, -0.25) is 10.2 Å². The smallest absolute Gasteiger partial charge is 0.417 e. The van der Waals surface area contributed by atoms with Crippen LogP contribution in [0.15, 0.2) is 47.7 Å². The minimum absolute atomic E-state index is 0.0325. The number of ether oxygens (including phenoxy) is 1. The third kappa shape index (κ3) is 6.48. The van der Waals surface area contributed by atoms with Gasteiger partial charge in [-0.15, -0.1) is 0 Å². The largest absolute Gasteiger partial charge is 0.484 e. The summed E-state index contributed by atoms with van der Waals surface area (Å²) in [6, 6.07) is 9.14. The summed E-state index contributed by atoms with van der Waals surface area (Å²) in [4.78, 5) is 17.3. The van der Waals surface area contributed by atoms with Gasteiger partial charge in [-0.25, -0.2) is 4.98 Å². The molecule has 0 bridgehead atoms. The number of anilines is 1. The number of halogens is 3. The molecule has 1 N–H and O–H groups in total. The van der Waals surface area contributed by atoms with E-state index < -0.39 is 11.7 Å². The summed E-state index contributed by atoms with van der Waals surface area (Å²) in [7, 11) is 0. The van der Waals surface area contributed by atoms with Crippen molar-refractivity contribution >= 4 is 17.4 Å². The highest BCUT2D eigenvalue weighted by Gasteiger charge is 2.30. The lowest BCUT2D eigenvalue weighted by molar-refractivity contribution is -0.137. The highest BCUT2D eigenvalue weighted by Crippen LogP contribution is 2.28. The summed E-state index contributed by atoms with van der Waals surface area (Å²) in [5, 5.41) is 4.13. The van der Waals surface area contributed by atoms with E-state index in [0.29, 0.717) is 24.6 Å². The number of pyridine rings is 1.